The van der Waals surface area contributed by atoms with Crippen LogP contribution in [0.2, 0.25) is 0 Å². The molecule has 4 nitrogen and oxygen atoms in total. The van der Waals surface area contributed by atoms with Gasteiger partial charge in [-0.25, -0.2) is 0 Å². The number of hydrogen-bond donors (Lipinski definition) is 1. The van der Waals surface area contributed by atoms with Crippen LogP contribution in [0.3, 0.4) is 0 Å². The van der Waals surface area contributed by atoms with Crippen LogP contribution >= 0.6 is 11.3 Å². The molecule has 18 heavy (non-hydrogen) atoms. The largest absolute Gasteiger partial charge is 0.376 e. The molecule has 0 bridgehead atoms. The molecular formula is C13H18N2O2S. The van der Waals surface area contributed by atoms with Gasteiger partial charge in [0.1, 0.15) is 0 Å². The summed E-state index contributed by atoms with van der Waals surface area (Å²) in [6, 6.07) is 4.52. The average molecular weight is 266 g/mol. The van der Waals surface area contributed by atoms with Gasteiger partial charge in [0.25, 0.3) is 5.91 Å². The first-order chi connectivity index (χ1) is 8.72. The summed E-state index contributed by atoms with van der Waals surface area (Å²) in [6.07, 6.45) is 1.32. The van der Waals surface area contributed by atoms with Crippen LogP contribution < -0.4 is 5.32 Å². The van der Waals surface area contributed by atoms with Crippen LogP contribution in [-0.2, 0) is 4.74 Å². The topological polar surface area (TPSA) is 41.6 Å². The predicted molar refractivity (Wildman–Crippen MR) is 71.0 cm³/mol. The minimum Gasteiger partial charge on any atom is -0.376 e. The van der Waals surface area contributed by atoms with E-state index in [1.165, 1.54) is 11.3 Å². The van der Waals surface area contributed by atoms with E-state index in [-0.39, 0.29) is 11.9 Å². The van der Waals surface area contributed by atoms with Gasteiger partial charge in [-0.1, -0.05) is 6.07 Å². The summed E-state index contributed by atoms with van der Waals surface area (Å²) >= 11 is 1.49. The van der Waals surface area contributed by atoms with Crippen molar-refractivity contribution < 1.29 is 9.53 Å². The molecule has 3 atom stereocenters. The van der Waals surface area contributed by atoms with Crippen molar-refractivity contribution in [2.45, 2.75) is 31.5 Å². The SMILES string of the molecule is C[C@H]1CN2C[C@@H](NC(=O)c3cccs3)C[C@H]2CO1. The third kappa shape index (κ3) is 2.43. The van der Waals surface area contributed by atoms with Gasteiger partial charge < -0.3 is 10.1 Å². The number of nitrogens with zero attached hydrogens (tertiary/aromatic N) is 1. The molecule has 2 aliphatic heterocycles. The molecule has 1 aromatic heterocycles. The third-order valence-corrected chi connectivity index (χ3v) is 4.54. The summed E-state index contributed by atoms with van der Waals surface area (Å²) in [5, 5.41) is 5.06. The molecule has 1 aromatic rings. The van der Waals surface area contributed by atoms with Crippen molar-refractivity contribution in [3.05, 3.63) is 22.4 Å². The van der Waals surface area contributed by atoms with Gasteiger partial charge in [-0.2, -0.15) is 0 Å². The van der Waals surface area contributed by atoms with Gasteiger partial charge >= 0.3 is 0 Å². The van der Waals surface area contributed by atoms with Gasteiger partial charge in [0, 0.05) is 25.2 Å². The first kappa shape index (κ1) is 12.1. The maximum atomic E-state index is 12.0. The molecule has 0 spiro atoms. The van der Waals surface area contributed by atoms with Gasteiger partial charge in [0.15, 0.2) is 0 Å². The van der Waals surface area contributed by atoms with E-state index >= 15 is 0 Å². The van der Waals surface area contributed by atoms with Crippen LogP contribution in [0.25, 0.3) is 0 Å². The van der Waals surface area contributed by atoms with Crippen LogP contribution in [0.4, 0.5) is 0 Å². The Morgan fingerprint density at radius 3 is 3.22 bits per heavy atom. The Labute approximate surface area is 111 Å². The van der Waals surface area contributed by atoms with Crippen LogP contribution in [0.15, 0.2) is 17.5 Å². The zero-order valence-electron chi connectivity index (χ0n) is 10.5. The number of amides is 1. The van der Waals surface area contributed by atoms with E-state index in [0.29, 0.717) is 12.1 Å². The molecule has 2 saturated heterocycles. The first-order valence-corrected chi connectivity index (χ1v) is 7.30. The van der Waals surface area contributed by atoms with Crippen molar-refractivity contribution in [2.24, 2.45) is 0 Å². The fraction of sp³-hybridized carbons (Fsp3) is 0.615. The molecule has 2 aliphatic rings. The summed E-state index contributed by atoms with van der Waals surface area (Å²) in [4.78, 5) is 15.2. The quantitative estimate of drug-likeness (QED) is 0.878. The molecule has 98 valence electrons. The highest BCUT2D eigenvalue weighted by atomic mass is 32.1. The number of carbonyl (C=O) groups excluding carboxylic acids is 1. The van der Waals surface area contributed by atoms with Gasteiger partial charge in [-0.3, -0.25) is 9.69 Å². The van der Waals surface area contributed by atoms with Crippen molar-refractivity contribution in [1.29, 1.82) is 0 Å². The summed E-state index contributed by atoms with van der Waals surface area (Å²) in [7, 11) is 0. The first-order valence-electron chi connectivity index (χ1n) is 6.42. The number of hydrogen-bond acceptors (Lipinski definition) is 4. The lowest BCUT2D eigenvalue weighted by Crippen LogP contribution is -2.45. The standard InChI is InChI=1S/C13H18N2O2S/c1-9-6-15-7-10(5-11(15)8-17-9)14-13(16)12-3-2-4-18-12/h2-4,9-11H,5-8H2,1H3,(H,14,16)/t9-,10-,11-/m0/s1. The Balaban J connectivity index is 1.58. The van der Waals surface area contributed by atoms with Crippen LogP contribution in [0, 0.1) is 0 Å². The third-order valence-electron chi connectivity index (χ3n) is 3.67. The monoisotopic (exact) mass is 266 g/mol. The average Bonchev–Trinajstić information content (AvgIpc) is 2.95. The van der Waals surface area contributed by atoms with E-state index in [9.17, 15) is 4.79 Å². The highest BCUT2D eigenvalue weighted by Crippen LogP contribution is 2.23. The molecule has 3 rings (SSSR count). The summed E-state index contributed by atoms with van der Waals surface area (Å²) in [6.45, 7) is 4.84. The number of carbonyl (C=O) groups is 1. The van der Waals surface area contributed by atoms with Gasteiger partial charge in [0.2, 0.25) is 0 Å². The molecular weight excluding hydrogens is 248 g/mol. The van der Waals surface area contributed by atoms with Crippen molar-refractivity contribution in [3.8, 4) is 0 Å². The number of ether oxygens (including phenoxy) is 1. The molecule has 2 fully saturated rings. The lowest BCUT2D eigenvalue weighted by atomic mass is 10.1. The molecule has 0 aliphatic carbocycles. The van der Waals surface area contributed by atoms with Gasteiger partial charge in [-0.15, -0.1) is 11.3 Å². The highest BCUT2D eigenvalue weighted by Gasteiger charge is 2.36. The van der Waals surface area contributed by atoms with E-state index in [1.807, 2.05) is 17.5 Å². The number of nitrogens with one attached hydrogen (secondary N) is 1. The van der Waals surface area contributed by atoms with E-state index in [2.05, 4.69) is 17.1 Å². The van der Waals surface area contributed by atoms with Crippen LogP contribution in [-0.4, -0.2) is 48.7 Å². The van der Waals surface area contributed by atoms with E-state index < -0.39 is 0 Å². The summed E-state index contributed by atoms with van der Waals surface area (Å²) < 4.78 is 5.66. The number of fused-ring (bicyclic) bond motifs is 1. The molecule has 0 radical (unpaired) electrons. The Kier molecular flexibility index (Phi) is 3.37. The lowest BCUT2D eigenvalue weighted by molar-refractivity contribution is -0.0390. The fourth-order valence-electron chi connectivity index (χ4n) is 2.81. The molecule has 1 N–H and O–H groups in total. The molecule has 1 amide bonds. The normalized spacial score (nSPS) is 32.2. The number of rotatable bonds is 2. The minimum atomic E-state index is 0.0591. The molecule has 0 saturated carbocycles. The Hall–Kier alpha value is -0.910. The number of morpholine rings is 1. The second-order valence-corrected chi connectivity index (χ2v) is 6.08. The zero-order valence-corrected chi connectivity index (χ0v) is 11.3. The van der Waals surface area contributed by atoms with E-state index in [4.69, 9.17) is 4.74 Å². The fourth-order valence-corrected chi connectivity index (χ4v) is 3.44. The number of thiophene rings is 1. The molecule has 3 heterocycles. The summed E-state index contributed by atoms with van der Waals surface area (Å²) in [5.41, 5.74) is 0. The molecule has 5 heteroatoms. The maximum absolute atomic E-state index is 12.0. The van der Waals surface area contributed by atoms with Crippen molar-refractivity contribution in [2.75, 3.05) is 19.7 Å². The van der Waals surface area contributed by atoms with Crippen LogP contribution in [0.1, 0.15) is 23.0 Å². The van der Waals surface area contributed by atoms with Crippen LogP contribution in [0.5, 0.6) is 0 Å². The maximum Gasteiger partial charge on any atom is 0.261 e. The lowest BCUT2D eigenvalue weighted by Gasteiger charge is -2.33. The predicted octanol–water partition coefficient (Wildman–Crippen LogP) is 1.34. The Morgan fingerprint density at radius 2 is 2.44 bits per heavy atom. The molecule has 0 aromatic carbocycles. The van der Waals surface area contributed by atoms with Gasteiger partial charge in [0.05, 0.1) is 17.6 Å². The second-order valence-electron chi connectivity index (χ2n) is 5.14. The molecule has 0 unspecified atom stereocenters. The van der Waals surface area contributed by atoms with Crippen molar-refractivity contribution in [3.63, 3.8) is 0 Å². The zero-order chi connectivity index (χ0) is 12.5. The van der Waals surface area contributed by atoms with Crippen molar-refractivity contribution >= 4 is 17.2 Å². The van der Waals surface area contributed by atoms with E-state index in [0.717, 1.165) is 31.0 Å². The van der Waals surface area contributed by atoms with E-state index in [1.54, 1.807) is 0 Å². The second kappa shape index (κ2) is 4.99. The smallest absolute Gasteiger partial charge is 0.261 e. The highest BCUT2D eigenvalue weighted by molar-refractivity contribution is 7.12. The Bertz CT molecular complexity index is 421. The van der Waals surface area contributed by atoms with Crippen molar-refractivity contribution in [1.82, 2.24) is 10.2 Å². The van der Waals surface area contributed by atoms with Gasteiger partial charge in [-0.05, 0) is 24.8 Å². The summed E-state index contributed by atoms with van der Waals surface area (Å²) in [5.74, 6) is 0.0591. The minimum absolute atomic E-state index is 0.0591. The Morgan fingerprint density at radius 1 is 1.56 bits per heavy atom.